The van der Waals surface area contributed by atoms with Crippen LogP contribution in [0.25, 0.3) is 0 Å². The minimum absolute atomic E-state index is 0.127. The Morgan fingerprint density at radius 1 is 0.964 bits per heavy atom. The zero-order valence-corrected chi connectivity index (χ0v) is 15.4. The highest BCUT2D eigenvalue weighted by molar-refractivity contribution is 6.23. The molecule has 0 spiro atoms. The van der Waals surface area contributed by atoms with Crippen LogP contribution in [0.2, 0.25) is 0 Å². The van der Waals surface area contributed by atoms with Crippen molar-refractivity contribution in [2.24, 2.45) is 11.8 Å². The maximum Gasteiger partial charge on any atom is 0.262 e. The van der Waals surface area contributed by atoms with E-state index in [-0.39, 0.29) is 18.7 Å². The Morgan fingerprint density at radius 2 is 1.71 bits per heavy atom. The van der Waals surface area contributed by atoms with E-state index >= 15 is 0 Å². The van der Waals surface area contributed by atoms with Crippen LogP contribution in [0.4, 0.5) is 0 Å². The number of rotatable bonds is 4. The summed E-state index contributed by atoms with van der Waals surface area (Å²) in [7, 11) is 0. The first-order chi connectivity index (χ1) is 13.5. The van der Waals surface area contributed by atoms with Gasteiger partial charge in [-0.05, 0) is 49.0 Å². The molecule has 0 aliphatic carbocycles. The summed E-state index contributed by atoms with van der Waals surface area (Å²) in [6, 6.07) is 4.43. The quantitative estimate of drug-likeness (QED) is 0.696. The third-order valence-electron chi connectivity index (χ3n) is 6.38. The molecule has 0 bridgehead atoms. The first-order valence-electron chi connectivity index (χ1n) is 9.79. The van der Waals surface area contributed by atoms with Gasteiger partial charge in [-0.2, -0.15) is 0 Å². The van der Waals surface area contributed by atoms with Gasteiger partial charge >= 0.3 is 0 Å². The van der Waals surface area contributed by atoms with Gasteiger partial charge in [-0.3, -0.25) is 34.3 Å². The molecule has 4 aliphatic heterocycles. The topological polar surface area (TPSA) is 98.8 Å². The van der Waals surface area contributed by atoms with Gasteiger partial charge in [0, 0.05) is 26.1 Å². The largest absolute Gasteiger partial charge is 0.316 e. The van der Waals surface area contributed by atoms with E-state index < -0.39 is 23.8 Å². The fourth-order valence-electron chi connectivity index (χ4n) is 4.56. The highest BCUT2D eigenvalue weighted by atomic mass is 16.2. The molecule has 5 rings (SSSR count). The van der Waals surface area contributed by atoms with E-state index in [2.05, 4.69) is 15.5 Å². The zero-order chi connectivity index (χ0) is 19.4. The molecular weight excluding hydrogens is 360 g/mol. The van der Waals surface area contributed by atoms with Crippen molar-refractivity contribution >= 4 is 23.6 Å². The lowest BCUT2D eigenvalue weighted by atomic mass is 9.82. The van der Waals surface area contributed by atoms with Crippen molar-refractivity contribution in [3.8, 4) is 0 Å². The van der Waals surface area contributed by atoms with Gasteiger partial charge in [0.2, 0.25) is 11.8 Å². The van der Waals surface area contributed by atoms with E-state index in [0.717, 1.165) is 55.0 Å². The lowest BCUT2D eigenvalue weighted by molar-refractivity contribution is -0.136. The third-order valence-corrected chi connectivity index (χ3v) is 6.38. The highest BCUT2D eigenvalue weighted by Gasteiger charge is 2.44. The minimum atomic E-state index is -0.916. The van der Waals surface area contributed by atoms with E-state index in [1.54, 1.807) is 12.1 Å². The van der Waals surface area contributed by atoms with Gasteiger partial charge in [-0.1, -0.05) is 6.07 Å². The van der Waals surface area contributed by atoms with Gasteiger partial charge in [0.05, 0.1) is 11.1 Å². The number of imide groups is 2. The molecule has 3 saturated heterocycles. The summed E-state index contributed by atoms with van der Waals surface area (Å²) in [6.07, 6.45) is 0.301. The average molecular weight is 382 g/mol. The van der Waals surface area contributed by atoms with E-state index in [4.69, 9.17) is 0 Å². The number of fused-ring (bicyclic) bond motifs is 1. The fraction of sp³-hybridized carbons (Fsp3) is 0.500. The molecule has 1 aromatic carbocycles. The van der Waals surface area contributed by atoms with Gasteiger partial charge in [-0.15, -0.1) is 0 Å². The van der Waals surface area contributed by atoms with Crippen molar-refractivity contribution in [3.05, 3.63) is 34.9 Å². The lowest BCUT2D eigenvalue weighted by Crippen LogP contribution is -2.57. The van der Waals surface area contributed by atoms with Crippen LogP contribution in [-0.4, -0.2) is 65.6 Å². The van der Waals surface area contributed by atoms with Crippen molar-refractivity contribution in [3.63, 3.8) is 0 Å². The van der Waals surface area contributed by atoms with E-state index in [9.17, 15) is 19.2 Å². The predicted molar refractivity (Wildman–Crippen MR) is 98.2 cm³/mol. The molecule has 2 N–H and O–H groups in total. The smallest absolute Gasteiger partial charge is 0.262 e. The van der Waals surface area contributed by atoms with E-state index in [1.807, 2.05) is 6.07 Å². The number of amides is 4. The van der Waals surface area contributed by atoms with Crippen molar-refractivity contribution < 1.29 is 19.2 Å². The van der Waals surface area contributed by atoms with Crippen LogP contribution in [-0.2, 0) is 16.1 Å². The van der Waals surface area contributed by atoms with Crippen molar-refractivity contribution in [1.82, 2.24) is 20.4 Å². The third kappa shape index (κ3) is 2.75. The Morgan fingerprint density at radius 3 is 2.39 bits per heavy atom. The SMILES string of the molecule is O=C1CCC(N2C(=O)c3ccc(CN4CC(C5CNC5)C4)cc3C2=O)C(=O)N1. The maximum absolute atomic E-state index is 12.9. The first-order valence-corrected chi connectivity index (χ1v) is 9.79. The molecule has 4 aliphatic rings. The molecule has 0 saturated carbocycles. The fourth-order valence-corrected chi connectivity index (χ4v) is 4.56. The molecule has 3 fully saturated rings. The summed E-state index contributed by atoms with van der Waals surface area (Å²) in [4.78, 5) is 52.4. The summed E-state index contributed by atoms with van der Waals surface area (Å²) in [6.45, 7) is 5.12. The number of likely N-dealkylation sites (tertiary alicyclic amines) is 1. The monoisotopic (exact) mass is 382 g/mol. The standard InChI is InChI=1S/C20H22N4O4/c25-17-4-3-16(18(26)22-17)24-19(27)14-2-1-11(5-15(14)20(24)28)8-23-9-13(10-23)12-6-21-7-12/h1-2,5,12-13,16,21H,3-4,6-10H2,(H,22,25,26). The summed E-state index contributed by atoms with van der Waals surface area (Å²) < 4.78 is 0. The van der Waals surface area contributed by atoms with Crippen molar-refractivity contribution in [2.75, 3.05) is 26.2 Å². The molecule has 8 nitrogen and oxygen atoms in total. The van der Waals surface area contributed by atoms with E-state index in [0.29, 0.717) is 11.1 Å². The number of benzene rings is 1. The van der Waals surface area contributed by atoms with Crippen LogP contribution < -0.4 is 10.6 Å². The van der Waals surface area contributed by atoms with Crippen LogP contribution in [0.3, 0.4) is 0 Å². The van der Waals surface area contributed by atoms with Crippen LogP contribution in [0.1, 0.15) is 39.1 Å². The number of carbonyl (C=O) groups is 4. The van der Waals surface area contributed by atoms with Crippen molar-refractivity contribution in [1.29, 1.82) is 0 Å². The van der Waals surface area contributed by atoms with Gasteiger partial charge in [0.25, 0.3) is 11.8 Å². The van der Waals surface area contributed by atoms with Gasteiger partial charge in [0.1, 0.15) is 6.04 Å². The molecule has 0 radical (unpaired) electrons. The Kier molecular flexibility index (Phi) is 4.06. The lowest BCUT2D eigenvalue weighted by Gasteiger charge is -2.47. The molecule has 1 aromatic rings. The van der Waals surface area contributed by atoms with E-state index in [1.165, 1.54) is 0 Å². The number of nitrogens with zero attached hydrogens (tertiary/aromatic N) is 2. The summed E-state index contributed by atoms with van der Waals surface area (Å²) in [5, 5.41) is 5.52. The number of carbonyl (C=O) groups excluding carboxylic acids is 4. The van der Waals surface area contributed by atoms with Crippen LogP contribution in [0.5, 0.6) is 0 Å². The van der Waals surface area contributed by atoms with Crippen LogP contribution in [0.15, 0.2) is 18.2 Å². The predicted octanol–water partition coefficient (Wildman–Crippen LogP) is -0.261. The molecule has 146 valence electrons. The Balaban J connectivity index is 1.29. The Labute approximate surface area is 162 Å². The number of nitrogens with one attached hydrogen (secondary N) is 2. The van der Waals surface area contributed by atoms with Crippen LogP contribution >= 0.6 is 0 Å². The first kappa shape index (κ1) is 17.5. The summed E-state index contributed by atoms with van der Waals surface area (Å²) in [5.41, 5.74) is 1.68. The maximum atomic E-state index is 12.9. The Bertz CT molecular complexity index is 888. The van der Waals surface area contributed by atoms with Crippen LogP contribution in [0, 0.1) is 11.8 Å². The Hall–Kier alpha value is -2.58. The zero-order valence-electron chi connectivity index (χ0n) is 15.4. The molecule has 0 aromatic heterocycles. The highest BCUT2D eigenvalue weighted by Crippen LogP contribution is 2.31. The minimum Gasteiger partial charge on any atom is -0.316 e. The molecule has 4 amide bonds. The number of piperidine rings is 1. The molecule has 4 heterocycles. The second-order valence-electron chi connectivity index (χ2n) is 8.20. The molecule has 1 unspecified atom stereocenters. The van der Waals surface area contributed by atoms with Gasteiger partial charge in [0.15, 0.2) is 0 Å². The second-order valence-corrected chi connectivity index (χ2v) is 8.20. The number of hydrogen-bond acceptors (Lipinski definition) is 6. The normalized spacial score (nSPS) is 26.1. The number of hydrogen-bond donors (Lipinski definition) is 2. The summed E-state index contributed by atoms with van der Waals surface area (Å²) >= 11 is 0. The van der Waals surface area contributed by atoms with Gasteiger partial charge < -0.3 is 5.32 Å². The average Bonchev–Trinajstić information content (AvgIpc) is 2.83. The molecule has 1 atom stereocenters. The molecule has 8 heteroatoms. The second kappa shape index (κ2) is 6.49. The van der Waals surface area contributed by atoms with Crippen molar-refractivity contribution in [2.45, 2.75) is 25.4 Å². The van der Waals surface area contributed by atoms with Gasteiger partial charge in [-0.25, -0.2) is 0 Å². The molecule has 28 heavy (non-hydrogen) atoms. The molecular formula is C20H22N4O4. The summed E-state index contributed by atoms with van der Waals surface area (Å²) in [5.74, 6) is -0.311.